The van der Waals surface area contributed by atoms with Gasteiger partial charge in [0.25, 0.3) is 5.91 Å². The molecular formula is C16H17N3O3. The summed E-state index contributed by atoms with van der Waals surface area (Å²) >= 11 is 0. The highest BCUT2D eigenvalue weighted by Gasteiger charge is 2.35. The van der Waals surface area contributed by atoms with Gasteiger partial charge in [-0.15, -0.1) is 0 Å². The predicted octanol–water partition coefficient (Wildman–Crippen LogP) is 2.17. The number of ether oxygens (including phenoxy) is 2. The van der Waals surface area contributed by atoms with E-state index in [4.69, 9.17) is 9.47 Å². The highest BCUT2D eigenvalue weighted by atomic mass is 16.7. The van der Waals surface area contributed by atoms with Gasteiger partial charge >= 0.3 is 0 Å². The van der Waals surface area contributed by atoms with Gasteiger partial charge in [-0.25, -0.2) is 0 Å². The minimum Gasteiger partial charge on any atom is -0.454 e. The number of hydrogen-bond acceptors (Lipinski definition) is 4. The Morgan fingerprint density at radius 2 is 2.14 bits per heavy atom. The van der Waals surface area contributed by atoms with Crippen molar-refractivity contribution in [3.05, 3.63) is 40.7 Å². The molecule has 1 amide bonds. The molecule has 0 radical (unpaired) electrons. The van der Waals surface area contributed by atoms with Gasteiger partial charge in [0.15, 0.2) is 17.2 Å². The normalized spacial score (nSPS) is 18.7. The molecule has 4 rings (SSSR count). The second kappa shape index (κ2) is 4.76. The number of fused-ring (bicyclic) bond motifs is 2. The van der Waals surface area contributed by atoms with Crippen molar-refractivity contribution in [2.75, 3.05) is 6.79 Å². The van der Waals surface area contributed by atoms with Crippen molar-refractivity contribution < 1.29 is 14.3 Å². The second-order valence-corrected chi connectivity index (χ2v) is 6.08. The van der Waals surface area contributed by atoms with Gasteiger partial charge in [-0.1, -0.05) is 19.9 Å². The third kappa shape index (κ3) is 1.94. The van der Waals surface area contributed by atoms with Crippen LogP contribution in [0.4, 0.5) is 0 Å². The molecule has 114 valence electrons. The van der Waals surface area contributed by atoms with Gasteiger partial charge in [0.05, 0.1) is 6.04 Å². The zero-order valence-electron chi connectivity index (χ0n) is 12.5. The fourth-order valence-electron chi connectivity index (χ4n) is 3.05. The third-order valence-electron chi connectivity index (χ3n) is 4.00. The van der Waals surface area contributed by atoms with Crippen molar-refractivity contribution in [1.82, 2.24) is 15.5 Å². The minimum atomic E-state index is -0.190. The molecule has 0 aliphatic carbocycles. The molecule has 2 aromatic rings. The lowest BCUT2D eigenvalue weighted by Gasteiger charge is -2.14. The number of hydrogen-bond donors (Lipinski definition) is 2. The number of nitrogens with zero attached hydrogens (tertiary/aromatic N) is 1. The van der Waals surface area contributed by atoms with Crippen LogP contribution < -0.4 is 14.8 Å². The van der Waals surface area contributed by atoms with Gasteiger partial charge in [-0.05, 0) is 30.0 Å². The van der Waals surface area contributed by atoms with E-state index in [2.05, 4.69) is 29.4 Å². The highest BCUT2D eigenvalue weighted by Crippen LogP contribution is 2.38. The van der Waals surface area contributed by atoms with Gasteiger partial charge in [0.2, 0.25) is 6.79 Å². The monoisotopic (exact) mass is 299 g/mol. The molecule has 2 N–H and O–H groups in total. The summed E-state index contributed by atoms with van der Waals surface area (Å²) in [5, 5.41) is 10.2. The molecule has 1 unspecified atom stereocenters. The van der Waals surface area contributed by atoms with Crippen LogP contribution in [0.25, 0.3) is 0 Å². The van der Waals surface area contributed by atoms with E-state index in [1.54, 1.807) is 0 Å². The Hall–Kier alpha value is -2.50. The largest absolute Gasteiger partial charge is 0.454 e. The van der Waals surface area contributed by atoms with E-state index >= 15 is 0 Å². The van der Waals surface area contributed by atoms with Crippen LogP contribution >= 0.6 is 0 Å². The fourth-order valence-corrected chi connectivity index (χ4v) is 3.05. The molecule has 0 spiro atoms. The van der Waals surface area contributed by atoms with Crippen LogP contribution in [0.3, 0.4) is 0 Å². The van der Waals surface area contributed by atoms with Crippen molar-refractivity contribution in [2.24, 2.45) is 5.92 Å². The summed E-state index contributed by atoms with van der Waals surface area (Å²) in [6.45, 7) is 4.53. The Kier molecular flexibility index (Phi) is 2.85. The quantitative estimate of drug-likeness (QED) is 0.910. The lowest BCUT2D eigenvalue weighted by atomic mass is 9.96. The van der Waals surface area contributed by atoms with Crippen LogP contribution in [-0.2, 0) is 6.42 Å². The van der Waals surface area contributed by atoms with Crippen molar-refractivity contribution in [3.63, 3.8) is 0 Å². The average molecular weight is 299 g/mol. The summed E-state index contributed by atoms with van der Waals surface area (Å²) in [6.07, 6.45) is 0.859. The maximum absolute atomic E-state index is 12.1. The number of benzene rings is 1. The number of H-pyrrole nitrogens is 1. The average Bonchev–Trinajstić information content (AvgIpc) is 3.16. The van der Waals surface area contributed by atoms with E-state index in [1.807, 2.05) is 18.2 Å². The molecule has 0 bridgehead atoms. The topological polar surface area (TPSA) is 76.2 Å². The first kappa shape index (κ1) is 13.2. The first-order valence-electron chi connectivity index (χ1n) is 7.41. The lowest BCUT2D eigenvalue weighted by molar-refractivity contribution is 0.0955. The van der Waals surface area contributed by atoms with Crippen molar-refractivity contribution in [3.8, 4) is 11.5 Å². The zero-order valence-corrected chi connectivity index (χ0v) is 12.5. The number of amides is 1. The van der Waals surface area contributed by atoms with Gasteiger partial charge in [0, 0.05) is 11.3 Å². The molecule has 6 heteroatoms. The molecule has 0 saturated carbocycles. The van der Waals surface area contributed by atoms with E-state index in [9.17, 15) is 4.79 Å². The summed E-state index contributed by atoms with van der Waals surface area (Å²) in [6, 6.07) is 5.57. The minimum absolute atomic E-state index is 0.135. The van der Waals surface area contributed by atoms with Gasteiger partial charge in [-0.2, -0.15) is 5.10 Å². The van der Waals surface area contributed by atoms with Crippen LogP contribution in [-0.4, -0.2) is 22.9 Å². The molecule has 2 aliphatic rings. The van der Waals surface area contributed by atoms with E-state index in [0.717, 1.165) is 29.0 Å². The highest BCUT2D eigenvalue weighted by molar-refractivity contribution is 5.98. The molecule has 3 heterocycles. The Labute approximate surface area is 127 Å². The molecule has 22 heavy (non-hydrogen) atoms. The van der Waals surface area contributed by atoms with Gasteiger partial charge in [0.1, 0.15) is 0 Å². The molecule has 1 atom stereocenters. The number of rotatable bonds is 3. The first-order chi connectivity index (χ1) is 10.6. The fraction of sp³-hybridized carbons (Fsp3) is 0.375. The Bertz CT molecular complexity index is 751. The maximum atomic E-state index is 12.1. The summed E-state index contributed by atoms with van der Waals surface area (Å²) in [5.41, 5.74) is 3.45. The lowest BCUT2D eigenvalue weighted by Crippen LogP contribution is -2.21. The van der Waals surface area contributed by atoms with Gasteiger partial charge < -0.3 is 14.8 Å². The smallest absolute Gasteiger partial charge is 0.272 e. The van der Waals surface area contributed by atoms with Crippen LogP contribution in [0.2, 0.25) is 0 Å². The van der Waals surface area contributed by atoms with Crippen molar-refractivity contribution in [1.29, 1.82) is 0 Å². The summed E-state index contributed by atoms with van der Waals surface area (Å²) in [5.74, 6) is 1.80. The van der Waals surface area contributed by atoms with E-state index in [-0.39, 0.29) is 18.7 Å². The Morgan fingerprint density at radius 1 is 1.32 bits per heavy atom. The number of aromatic nitrogens is 2. The molecular weight excluding hydrogens is 282 g/mol. The molecule has 1 aromatic carbocycles. The SMILES string of the molecule is CC(C)Cc1[nH]nc2c1C(c1ccc3c(c1)OCO3)NC2=O. The van der Waals surface area contributed by atoms with E-state index in [0.29, 0.717) is 17.4 Å². The second-order valence-electron chi connectivity index (χ2n) is 6.08. The van der Waals surface area contributed by atoms with Crippen LogP contribution in [0.15, 0.2) is 18.2 Å². The molecule has 0 fully saturated rings. The van der Waals surface area contributed by atoms with E-state index in [1.165, 1.54) is 0 Å². The number of carbonyl (C=O) groups is 1. The van der Waals surface area contributed by atoms with E-state index < -0.39 is 0 Å². The van der Waals surface area contributed by atoms with Crippen molar-refractivity contribution in [2.45, 2.75) is 26.3 Å². The van der Waals surface area contributed by atoms with Crippen LogP contribution in [0.1, 0.15) is 47.2 Å². The Balaban J connectivity index is 1.76. The first-order valence-corrected chi connectivity index (χ1v) is 7.41. The Morgan fingerprint density at radius 3 is 2.95 bits per heavy atom. The number of nitrogens with one attached hydrogen (secondary N) is 2. The molecule has 6 nitrogen and oxygen atoms in total. The summed E-state index contributed by atoms with van der Waals surface area (Å²) < 4.78 is 10.8. The molecule has 0 saturated heterocycles. The number of aromatic amines is 1. The summed E-state index contributed by atoms with van der Waals surface area (Å²) in [4.78, 5) is 12.1. The standard InChI is InChI=1S/C16H17N3O3/c1-8(2)5-10-13-14(17-16(20)15(13)19-18-10)9-3-4-11-12(6-9)22-7-21-11/h3-4,6,8,14H,5,7H2,1-2H3,(H,17,20)(H,18,19). The van der Waals surface area contributed by atoms with Gasteiger partial charge in [-0.3, -0.25) is 9.89 Å². The molecule has 2 aliphatic heterocycles. The van der Waals surface area contributed by atoms with Crippen LogP contribution in [0, 0.1) is 5.92 Å². The molecule has 1 aromatic heterocycles. The van der Waals surface area contributed by atoms with Crippen molar-refractivity contribution >= 4 is 5.91 Å². The summed E-state index contributed by atoms with van der Waals surface area (Å²) in [7, 11) is 0. The maximum Gasteiger partial charge on any atom is 0.272 e. The number of carbonyl (C=O) groups excluding carboxylic acids is 1. The third-order valence-corrected chi connectivity index (χ3v) is 4.00. The predicted molar refractivity (Wildman–Crippen MR) is 79.0 cm³/mol. The zero-order chi connectivity index (χ0) is 15.3. The van der Waals surface area contributed by atoms with Crippen LogP contribution in [0.5, 0.6) is 11.5 Å².